The standard InChI is InChI=1S/C35H31FN4O13/c1-19(41)50-18-26-25(51-17-20-7-4-3-5-8-20)14-27(52-26)39-16-23(36)33(46)40(35(39)48)32(45)21-9-6-10-22(13-21)34(47)53-24-11-12-37-30(43)29(24)31(44)38-15-28(42)49-2/h3-13,16,25-27H,14-15,17-18H2,1-2H3,(H,37,43)(H,38,44)/t25-,26+,27+/m0/s1. The number of hydrogen-bond acceptors (Lipinski definition) is 13. The van der Waals surface area contributed by atoms with Gasteiger partial charge < -0.3 is 34.0 Å². The van der Waals surface area contributed by atoms with E-state index >= 15 is 4.39 Å². The van der Waals surface area contributed by atoms with Gasteiger partial charge in [0.2, 0.25) is 5.82 Å². The zero-order valence-electron chi connectivity index (χ0n) is 28.1. The van der Waals surface area contributed by atoms with Crippen LogP contribution >= 0.6 is 0 Å². The lowest BCUT2D eigenvalue weighted by atomic mass is 10.1. The van der Waals surface area contributed by atoms with Crippen LogP contribution in [0, 0.1) is 5.82 Å². The Morgan fingerprint density at radius 1 is 1.00 bits per heavy atom. The van der Waals surface area contributed by atoms with Gasteiger partial charge in [0.05, 0.1) is 31.6 Å². The van der Waals surface area contributed by atoms with Crippen LogP contribution in [0.4, 0.5) is 4.39 Å². The monoisotopic (exact) mass is 734 g/mol. The van der Waals surface area contributed by atoms with E-state index in [1.165, 1.54) is 19.1 Å². The van der Waals surface area contributed by atoms with Crippen molar-refractivity contribution in [2.75, 3.05) is 20.3 Å². The molecule has 3 atom stereocenters. The molecule has 1 aliphatic heterocycles. The first kappa shape index (κ1) is 37.7. The van der Waals surface area contributed by atoms with Gasteiger partial charge in [-0.15, -0.1) is 0 Å². The summed E-state index contributed by atoms with van der Waals surface area (Å²) in [6.07, 6.45) is -1.29. The van der Waals surface area contributed by atoms with Gasteiger partial charge in [-0.3, -0.25) is 33.3 Å². The van der Waals surface area contributed by atoms with Crippen molar-refractivity contribution < 1.29 is 52.0 Å². The molecule has 0 spiro atoms. The topological polar surface area (TPSA) is 220 Å². The van der Waals surface area contributed by atoms with Crippen molar-refractivity contribution in [3.63, 3.8) is 0 Å². The average Bonchev–Trinajstić information content (AvgIpc) is 3.56. The van der Waals surface area contributed by atoms with Crippen molar-refractivity contribution in [1.82, 2.24) is 19.4 Å². The first-order chi connectivity index (χ1) is 25.4. The Balaban J connectivity index is 1.39. The SMILES string of the molecule is COC(=O)CNC(=O)c1c(OC(=O)c2cccc(C(=O)n3c(=O)c(F)cn([C@H]4C[C@H](OCc5ccccc5)[C@@H](COC(C)=O)O4)c3=O)c2)cc[nH]c1=O. The zero-order valence-corrected chi connectivity index (χ0v) is 28.1. The van der Waals surface area contributed by atoms with Gasteiger partial charge in [-0.05, 0) is 29.8 Å². The number of pyridine rings is 1. The second-order valence-electron chi connectivity index (χ2n) is 11.4. The highest BCUT2D eigenvalue weighted by Gasteiger charge is 2.39. The van der Waals surface area contributed by atoms with E-state index in [1.54, 1.807) is 0 Å². The molecule has 1 amide bonds. The lowest BCUT2D eigenvalue weighted by Gasteiger charge is -2.18. The predicted molar refractivity (Wildman–Crippen MR) is 178 cm³/mol. The quantitative estimate of drug-likeness (QED) is 0.195. The summed E-state index contributed by atoms with van der Waals surface area (Å²) >= 11 is 0. The number of nitrogens with one attached hydrogen (secondary N) is 2. The molecule has 17 nitrogen and oxygen atoms in total. The molecule has 2 aromatic heterocycles. The van der Waals surface area contributed by atoms with E-state index < -0.39 is 94.2 Å². The number of halogens is 1. The Morgan fingerprint density at radius 3 is 2.45 bits per heavy atom. The summed E-state index contributed by atoms with van der Waals surface area (Å²) in [6.45, 7) is 0.465. The molecular formula is C35H31FN4O13. The van der Waals surface area contributed by atoms with Crippen LogP contribution in [0.2, 0.25) is 0 Å². The number of carbonyl (C=O) groups is 5. The molecule has 0 saturated carbocycles. The second kappa shape index (κ2) is 16.7. The highest BCUT2D eigenvalue weighted by molar-refractivity contribution is 6.01. The third kappa shape index (κ3) is 8.86. The van der Waals surface area contributed by atoms with Crippen LogP contribution in [0.1, 0.15) is 56.2 Å². The van der Waals surface area contributed by atoms with E-state index in [4.69, 9.17) is 18.9 Å². The minimum atomic E-state index is -1.58. The summed E-state index contributed by atoms with van der Waals surface area (Å²) < 4.78 is 42.6. The number of ether oxygens (including phenoxy) is 5. The zero-order chi connectivity index (χ0) is 38.2. The van der Waals surface area contributed by atoms with E-state index in [9.17, 15) is 38.4 Å². The number of nitrogens with zero attached hydrogens (tertiary/aromatic N) is 2. The van der Waals surface area contributed by atoms with Crippen LogP contribution in [0.15, 0.2) is 87.4 Å². The van der Waals surface area contributed by atoms with Gasteiger partial charge in [0.1, 0.15) is 31.0 Å². The van der Waals surface area contributed by atoms with Crippen LogP contribution in [-0.2, 0) is 35.1 Å². The van der Waals surface area contributed by atoms with Crippen LogP contribution in [-0.4, -0.2) is 76.3 Å². The summed E-state index contributed by atoms with van der Waals surface area (Å²) in [4.78, 5) is 104. The molecule has 0 unspecified atom stereocenters. The molecule has 2 aromatic carbocycles. The number of methoxy groups -OCH3 is 1. The highest BCUT2D eigenvalue weighted by atomic mass is 19.1. The lowest BCUT2D eigenvalue weighted by Crippen LogP contribution is -2.46. The fourth-order valence-electron chi connectivity index (χ4n) is 5.24. The van der Waals surface area contributed by atoms with E-state index in [0.717, 1.165) is 37.1 Å². The maximum Gasteiger partial charge on any atom is 0.343 e. The maximum absolute atomic E-state index is 15.1. The van der Waals surface area contributed by atoms with Gasteiger partial charge in [-0.25, -0.2) is 9.59 Å². The van der Waals surface area contributed by atoms with Crippen molar-refractivity contribution in [2.24, 2.45) is 0 Å². The average molecular weight is 735 g/mol. The Bertz CT molecular complexity index is 2230. The second-order valence-corrected chi connectivity index (χ2v) is 11.4. The Kier molecular flexibility index (Phi) is 11.9. The van der Waals surface area contributed by atoms with Gasteiger partial charge in [-0.1, -0.05) is 36.4 Å². The Labute approximate surface area is 297 Å². The summed E-state index contributed by atoms with van der Waals surface area (Å²) in [5.74, 6) is -6.95. The molecule has 18 heteroatoms. The molecule has 0 aliphatic carbocycles. The normalized spacial score (nSPS) is 16.4. The van der Waals surface area contributed by atoms with Crippen molar-refractivity contribution in [3.8, 4) is 5.75 Å². The van der Waals surface area contributed by atoms with Crippen molar-refractivity contribution in [1.29, 1.82) is 0 Å². The number of aromatic amines is 1. The minimum Gasteiger partial charge on any atom is -0.468 e. The van der Waals surface area contributed by atoms with Crippen LogP contribution in [0.3, 0.4) is 0 Å². The molecule has 276 valence electrons. The van der Waals surface area contributed by atoms with Gasteiger partial charge in [0.25, 0.3) is 22.9 Å². The van der Waals surface area contributed by atoms with E-state index in [0.29, 0.717) is 10.8 Å². The number of hydrogen-bond donors (Lipinski definition) is 2. The lowest BCUT2D eigenvalue weighted by molar-refractivity contribution is -0.148. The number of carbonyl (C=O) groups excluding carboxylic acids is 5. The molecule has 0 bridgehead atoms. The maximum atomic E-state index is 15.1. The summed E-state index contributed by atoms with van der Waals surface area (Å²) in [5.41, 5.74) is -4.39. The van der Waals surface area contributed by atoms with Gasteiger partial charge in [0.15, 0.2) is 5.75 Å². The Hall–Kier alpha value is -6.53. The minimum absolute atomic E-state index is 0.0306. The highest BCUT2D eigenvalue weighted by Crippen LogP contribution is 2.31. The number of esters is 3. The van der Waals surface area contributed by atoms with Gasteiger partial charge >= 0.3 is 23.6 Å². The molecule has 2 N–H and O–H groups in total. The number of amides is 1. The smallest absolute Gasteiger partial charge is 0.343 e. The fraction of sp³-hybridized carbons (Fsp3) is 0.257. The van der Waals surface area contributed by atoms with Crippen molar-refractivity contribution >= 4 is 29.7 Å². The van der Waals surface area contributed by atoms with Gasteiger partial charge in [0, 0.05) is 25.1 Å². The van der Waals surface area contributed by atoms with E-state index in [2.05, 4.69) is 15.0 Å². The van der Waals surface area contributed by atoms with E-state index in [-0.39, 0.29) is 29.8 Å². The molecule has 4 aromatic rings. The molecular weight excluding hydrogens is 703 g/mol. The predicted octanol–water partition coefficient (Wildman–Crippen LogP) is 1.08. The van der Waals surface area contributed by atoms with Crippen molar-refractivity contribution in [2.45, 2.75) is 38.4 Å². The van der Waals surface area contributed by atoms with E-state index in [1.807, 2.05) is 30.3 Å². The first-order valence-corrected chi connectivity index (χ1v) is 15.8. The van der Waals surface area contributed by atoms with Crippen LogP contribution in [0.5, 0.6) is 5.75 Å². The third-order valence-corrected chi connectivity index (χ3v) is 7.84. The van der Waals surface area contributed by atoms with Crippen LogP contribution in [0.25, 0.3) is 0 Å². The molecule has 5 rings (SSSR count). The molecule has 53 heavy (non-hydrogen) atoms. The number of H-pyrrole nitrogens is 1. The van der Waals surface area contributed by atoms with Crippen molar-refractivity contribution in [3.05, 3.63) is 132 Å². The summed E-state index contributed by atoms with van der Waals surface area (Å²) in [7, 11) is 1.09. The largest absolute Gasteiger partial charge is 0.468 e. The summed E-state index contributed by atoms with van der Waals surface area (Å²) in [5, 5.41) is 2.15. The molecule has 1 saturated heterocycles. The van der Waals surface area contributed by atoms with Crippen LogP contribution < -0.4 is 26.9 Å². The summed E-state index contributed by atoms with van der Waals surface area (Å²) in [6, 6.07) is 14.7. The molecule has 1 fully saturated rings. The number of benzene rings is 2. The number of rotatable bonds is 12. The Morgan fingerprint density at radius 2 is 1.74 bits per heavy atom. The molecule has 0 radical (unpaired) electrons. The molecule has 1 aliphatic rings. The fourth-order valence-corrected chi connectivity index (χ4v) is 5.24. The first-order valence-electron chi connectivity index (χ1n) is 15.8. The third-order valence-electron chi connectivity index (χ3n) is 7.84. The number of aromatic nitrogens is 3. The van der Waals surface area contributed by atoms with Gasteiger partial charge in [-0.2, -0.15) is 8.96 Å². The molecule has 3 heterocycles.